The summed E-state index contributed by atoms with van der Waals surface area (Å²) in [7, 11) is 0. The van der Waals surface area contributed by atoms with Crippen molar-refractivity contribution in [3.63, 3.8) is 0 Å². The molecule has 1 aromatic heterocycles. The van der Waals surface area contributed by atoms with E-state index in [1.807, 2.05) is 93.6 Å². The molecule has 0 aliphatic heterocycles. The van der Waals surface area contributed by atoms with Crippen LogP contribution in [0.1, 0.15) is 53.5 Å². The summed E-state index contributed by atoms with van der Waals surface area (Å²) in [6.45, 7) is 12.4. The first-order chi connectivity index (χ1) is 17.1. The Hall–Kier alpha value is -4.19. The SMILES string of the molecule is Cc1ccc(Nc2nc(C)c(NC(=O)c3ccc(C(C)(C)C)cc3)c(Nc3ccc(C)cc3)n2)cc1. The lowest BCUT2D eigenvalue weighted by atomic mass is 9.87. The predicted octanol–water partition coefficient (Wildman–Crippen LogP) is 7.44. The van der Waals surface area contributed by atoms with Crippen LogP contribution in [-0.4, -0.2) is 15.9 Å². The maximum absolute atomic E-state index is 13.2. The van der Waals surface area contributed by atoms with E-state index in [-0.39, 0.29) is 11.3 Å². The Balaban J connectivity index is 1.66. The molecule has 0 spiro atoms. The minimum absolute atomic E-state index is 0.0187. The molecule has 0 fully saturated rings. The Kier molecular flexibility index (Phi) is 7.06. The van der Waals surface area contributed by atoms with E-state index >= 15 is 0 Å². The second kappa shape index (κ2) is 10.2. The van der Waals surface area contributed by atoms with Crippen LogP contribution >= 0.6 is 0 Å². The molecule has 36 heavy (non-hydrogen) atoms. The number of nitrogens with one attached hydrogen (secondary N) is 3. The second-order valence-electron chi connectivity index (χ2n) is 10.1. The van der Waals surface area contributed by atoms with Crippen molar-refractivity contribution in [2.24, 2.45) is 0 Å². The number of amides is 1. The fourth-order valence-electron chi connectivity index (χ4n) is 3.72. The van der Waals surface area contributed by atoms with Gasteiger partial charge in [-0.15, -0.1) is 0 Å². The molecule has 0 aliphatic rings. The van der Waals surface area contributed by atoms with Crippen LogP contribution in [0.3, 0.4) is 0 Å². The highest BCUT2D eigenvalue weighted by molar-refractivity contribution is 6.06. The number of carbonyl (C=O) groups is 1. The molecule has 0 radical (unpaired) electrons. The van der Waals surface area contributed by atoms with Crippen LogP contribution < -0.4 is 16.0 Å². The van der Waals surface area contributed by atoms with Crippen molar-refractivity contribution >= 4 is 34.7 Å². The summed E-state index contributed by atoms with van der Waals surface area (Å²) in [5, 5.41) is 9.65. The average molecular weight is 480 g/mol. The van der Waals surface area contributed by atoms with Crippen molar-refractivity contribution < 1.29 is 4.79 Å². The fraction of sp³-hybridized carbons (Fsp3) is 0.233. The zero-order chi connectivity index (χ0) is 25.9. The van der Waals surface area contributed by atoms with E-state index in [1.165, 1.54) is 11.1 Å². The quantitative estimate of drug-likeness (QED) is 0.268. The van der Waals surface area contributed by atoms with Crippen LogP contribution in [0.15, 0.2) is 72.8 Å². The van der Waals surface area contributed by atoms with E-state index in [0.717, 1.165) is 16.9 Å². The lowest BCUT2D eigenvalue weighted by molar-refractivity contribution is 0.102. The summed E-state index contributed by atoms with van der Waals surface area (Å²) < 4.78 is 0. The molecule has 3 aromatic carbocycles. The third-order valence-corrected chi connectivity index (χ3v) is 5.96. The van der Waals surface area contributed by atoms with Crippen molar-refractivity contribution in [3.8, 4) is 0 Å². The molecule has 6 nitrogen and oxygen atoms in total. The van der Waals surface area contributed by atoms with Gasteiger partial charge in [-0.1, -0.05) is 68.3 Å². The first kappa shape index (κ1) is 24.9. The van der Waals surface area contributed by atoms with Gasteiger partial charge in [0.15, 0.2) is 5.82 Å². The summed E-state index contributed by atoms with van der Waals surface area (Å²) in [4.78, 5) is 22.5. The number of rotatable bonds is 6. The highest BCUT2D eigenvalue weighted by Crippen LogP contribution is 2.30. The van der Waals surface area contributed by atoms with Crippen molar-refractivity contribution in [2.75, 3.05) is 16.0 Å². The van der Waals surface area contributed by atoms with E-state index < -0.39 is 0 Å². The second-order valence-corrected chi connectivity index (χ2v) is 10.1. The van der Waals surface area contributed by atoms with Gasteiger partial charge in [-0.3, -0.25) is 4.79 Å². The predicted molar refractivity (Wildman–Crippen MR) is 149 cm³/mol. The molecule has 4 rings (SSSR count). The van der Waals surface area contributed by atoms with E-state index in [0.29, 0.717) is 28.7 Å². The maximum Gasteiger partial charge on any atom is 0.255 e. The average Bonchev–Trinajstić information content (AvgIpc) is 2.83. The minimum atomic E-state index is -0.214. The number of hydrogen-bond donors (Lipinski definition) is 3. The molecule has 1 heterocycles. The molecule has 0 aliphatic carbocycles. The van der Waals surface area contributed by atoms with Gasteiger partial charge in [-0.2, -0.15) is 4.98 Å². The first-order valence-corrected chi connectivity index (χ1v) is 12.1. The maximum atomic E-state index is 13.2. The molecule has 0 saturated carbocycles. The number of aromatic nitrogens is 2. The molecule has 0 saturated heterocycles. The normalized spacial score (nSPS) is 11.2. The van der Waals surface area contributed by atoms with Crippen molar-refractivity contribution in [1.29, 1.82) is 0 Å². The van der Waals surface area contributed by atoms with E-state index in [9.17, 15) is 4.79 Å². The van der Waals surface area contributed by atoms with Gasteiger partial charge in [0.2, 0.25) is 5.95 Å². The Morgan fingerprint density at radius 1 is 0.694 bits per heavy atom. The summed E-state index contributed by atoms with van der Waals surface area (Å²) in [5.41, 5.74) is 7.04. The Morgan fingerprint density at radius 3 is 1.75 bits per heavy atom. The van der Waals surface area contributed by atoms with Crippen LogP contribution in [0.4, 0.5) is 28.8 Å². The molecular formula is C30H33N5O. The van der Waals surface area contributed by atoms with Crippen LogP contribution in [0.25, 0.3) is 0 Å². The summed E-state index contributed by atoms with van der Waals surface area (Å²) in [6, 6.07) is 23.7. The van der Waals surface area contributed by atoms with Crippen LogP contribution in [0.2, 0.25) is 0 Å². The summed E-state index contributed by atoms with van der Waals surface area (Å²) in [6.07, 6.45) is 0. The largest absolute Gasteiger partial charge is 0.338 e. The molecule has 4 aromatic rings. The molecule has 0 atom stereocenters. The number of nitrogens with zero attached hydrogens (tertiary/aromatic N) is 2. The van der Waals surface area contributed by atoms with Gasteiger partial charge in [0.05, 0.1) is 5.69 Å². The third-order valence-electron chi connectivity index (χ3n) is 5.96. The highest BCUT2D eigenvalue weighted by Gasteiger charge is 2.18. The Bertz CT molecular complexity index is 1350. The zero-order valence-electron chi connectivity index (χ0n) is 21.7. The van der Waals surface area contributed by atoms with Gasteiger partial charge in [-0.25, -0.2) is 4.98 Å². The lowest BCUT2D eigenvalue weighted by Gasteiger charge is -2.19. The molecule has 3 N–H and O–H groups in total. The van der Waals surface area contributed by atoms with Crippen molar-refractivity contribution in [1.82, 2.24) is 9.97 Å². The number of aryl methyl sites for hydroxylation is 3. The number of benzene rings is 3. The van der Waals surface area contributed by atoms with E-state index in [2.05, 4.69) is 41.7 Å². The van der Waals surface area contributed by atoms with Gasteiger partial charge in [0.1, 0.15) is 5.69 Å². The van der Waals surface area contributed by atoms with Gasteiger partial charge >= 0.3 is 0 Å². The van der Waals surface area contributed by atoms with Gasteiger partial charge < -0.3 is 16.0 Å². The Labute approximate surface area is 213 Å². The van der Waals surface area contributed by atoms with Crippen LogP contribution in [-0.2, 0) is 5.41 Å². The molecular weight excluding hydrogens is 446 g/mol. The smallest absolute Gasteiger partial charge is 0.255 e. The number of carbonyl (C=O) groups excluding carboxylic acids is 1. The van der Waals surface area contributed by atoms with E-state index in [1.54, 1.807) is 0 Å². The fourth-order valence-corrected chi connectivity index (χ4v) is 3.72. The Morgan fingerprint density at radius 2 is 1.22 bits per heavy atom. The van der Waals surface area contributed by atoms with Crippen LogP contribution in [0.5, 0.6) is 0 Å². The zero-order valence-corrected chi connectivity index (χ0v) is 21.7. The number of hydrogen-bond acceptors (Lipinski definition) is 5. The summed E-state index contributed by atoms with van der Waals surface area (Å²) in [5.74, 6) is 0.743. The van der Waals surface area contributed by atoms with E-state index in [4.69, 9.17) is 4.98 Å². The summed E-state index contributed by atoms with van der Waals surface area (Å²) >= 11 is 0. The molecule has 184 valence electrons. The third kappa shape index (κ3) is 6.08. The first-order valence-electron chi connectivity index (χ1n) is 12.1. The molecule has 0 unspecified atom stereocenters. The molecule has 1 amide bonds. The van der Waals surface area contributed by atoms with Gasteiger partial charge in [0.25, 0.3) is 5.91 Å². The van der Waals surface area contributed by atoms with Gasteiger partial charge in [0, 0.05) is 16.9 Å². The number of anilines is 5. The van der Waals surface area contributed by atoms with Crippen LogP contribution in [0, 0.1) is 20.8 Å². The standard InChI is InChI=1S/C30H33N5O/c1-19-7-15-24(16-8-19)32-27-26(34-28(36)22-11-13-23(14-12-22)30(4,5)6)21(3)31-29(35-27)33-25-17-9-20(2)10-18-25/h7-18H,1-6H3,(H,34,36)(H2,31,32,33,35). The monoisotopic (exact) mass is 479 g/mol. The minimum Gasteiger partial charge on any atom is -0.338 e. The van der Waals surface area contributed by atoms with Gasteiger partial charge in [-0.05, 0) is 68.1 Å². The highest BCUT2D eigenvalue weighted by atomic mass is 16.1. The molecule has 6 heteroatoms. The van der Waals surface area contributed by atoms with Crippen molar-refractivity contribution in [3.05, 3.63) is 101 Å². The molecule has 0 bridgehead atoms. The van der Waals surface area contributed by atoms with Crippen molar-refractivity contribution in [2.45, 2.75) is 47.0 Å². The topological polar surface area (TPSA) is 78.9 Å². The lowest BCUT2D eigenvalue weighted by Crippen LogP contribution is -2.17.